The fourth-order valence-corrected chi connectivity index (χ4v) is 1.77. The van der Waals surface area contributed by atoms with Crippen molar-refractivity contribution in [1.29, 1.82) is 0 Å². The van der Waals surface area contributed by atoms with E-state index < -0.39 is 0 Å². The maximum Gasteiger partial charge on any atom is 0.198 e. The molecule has 0 aliphatic heterocycles. The van der Waals surface area contributed by atoms with E-state index in [1.807, 2.05) is 0 Å². The Kier molecular flexibility index (Phi) is 2.28. The SMILES string of the molecule is O=C(c1cnsc1)c1coc(Br)c1. The number of ketones is 1. The van der Waals surface area contributed by atoms with Gasteiger partial charge in [-0.2, -0.15) is 0 Å². The van der Waals surface area contributed by atoms with E-state index in [0.717, 1.165) is 0 Å². The maximum absolute atomic E-state index is 11.6. The standard InChI is InChI=1S/C8H4BrNO2S/c9-7-1-5(3-12-7)8(11)6-2-10-13-4-6/h1-4H. The molecule has 0 aromatic carbocycles. The molecule has 0 amide bonds. The highest BCUT2D eigenvalue weighted by Gasteiger charge is 2.12. The molecule has 5 heteroatoms. The Labute approximate surface area is 86.7 Å². The molecule has 0 fully saturated rings. The highest BCUT2D eigenvalue weighted by Crippen LogP contribution is 2.17. The molecule has 0 saturated carbocycles. The van der Waals surface area contributed by atoms with Crippen LogP contribution in [0.4, 0.5) is 0 Å². The van der Waals surface area contributed by atoms with Crippen LogP contribution in [0.15, 0.2) is 33.0 Å². The van der Waals surface area contributed by atoms with E-state index in [-0.39, 0.29) is 5.78 Å². The second-order valence-electron chi connectivity index (χ2n) is 2.38. The molecule has 0 atom stereocenters. The summed E-state index contributed by atoms with van der Waals surface area (Å²) in [7, 11) is 0. The summed E-state index contributed by atoms with van der Waals surface area (Å²) in [5.41, 5.74) is 1.13. The van der Waals surface area contributed by atoms with Gasteiger partial charge in [-0.25, -0.2) is 4.37 Å². The molecule has 2 aromatic heterocycles. The van der Waals surface area contributed by atoms with Crippen molar-refractivity contribution in [2.45, 2.75) is 0 Å². The summed E-state index contributed by atoms with van der Waals surface area (Å²) in [4.78, 5) is 11.6. The number of furan rings is 1. The molecule has 2 rings (SSSR count). The lowest BCUT2D eigenvalue weighted by Crippen LogP contribution is -1.96. The van der Waals surface area contributed by atoms with Crippen LogP contribution in [0.2, 0.25) is 0 Å². The van der Waals surface area contributed by atoms with Crippen LogP contribution in [0.3, 0.4) is 0 Å². The third-order valence-corrected chi connectivity index (χ3v) is 2.53. The van der Waals surface area contributed by atoms with Crippen molar-refractivity contribution in [2.24, 2.45) is 0 Å². The Balaban J connectivity index is 2.33. The monoisotopic (exact) mass is 257 g/mol. The highest BCUT2D eigenvalue weighted by atomic mass is 79.9. The second kappa shape index (κ2) is 3.43. The van der Waals surface area contributed by atoms with Crippen LogP contribution < -0.4 is 0 Å². The predicted molar refractivity (Wildman–Crippen MR) is 52.0 cm³/mol. The van der Waals surface area contributed by atoms with Crippen molar-refractivity contribution in [3.8, 4) is 0 Å². The van der Waals surface area contributed by atoms with Gasteiger partial charge in [0.25, 0.3) is 0 Å². The van der Waals surface area contributed by atoms with E-state index in [9.17, 15) is 4.79 Å². The minimum atomic E-state index is -0.0665. The lowest BCUT2D eigenvalue weighted by molar-refractivity contribution is 0.103. The van der Waals surface area contributed by atoms with Crippen molar-refractivity contribution in [1.82, 2.24) is 4.37 Å². The van der Waals surface area contributed by atoms with Gasteiger partial charge in [0.15, 0.2) is 10.5 Å². The predicted octanol–water partition coefficient (Wildman–Crippen LogP) is 2.73. The average Bonchev–Trinajstić information content (AvgIpc) is 2.72. The molecule has 0 aliphatic rings. The average molecular weight is 258 g/mol. The van der Waals surface area contributed by atoms with Gasteiger partial charge in [0.1, 0.15) is 6.26 Å². The largest absolute Gasteiger partial charge is 0.457 e. The number of hydrogen-bond acceptors (Lipinski definition) is 4. The summed E-state index contributed by atoms with van der Waals surface area (Å²) in [6, 6.07) is 1.64. The van der Waals surface area contributed by atoms with Crippen LogP contribution in [0, 0.1) is 0 Å². The Morgan fingerprint density at radius 2 is 2.38 bits per heavy atom. The lowest BCUT2D eigenvalue weighted by atomic mass is 10.1. The molecule has 66 valence electrons. The van der Waals surface area contributed by atoms with Crippen LogP contribution in [0.25, 0.3) is 0 Å². The van der Waals surface area contributed by atoms with E-state index in [0.29, 0.717) is 15.8 Å². The molecular weight excluding hydrogens is 254 g/mol. The minimum Gasteiger partial charge on any atom is -0.457 e. The van der Waals surface area contributed by atoms with Gasteiger partial charge in [0.05, 0.1) is 17.3 Å². The number of hydrogen-bond donors (Lipinski definition) is 0. The van der Waals surface area contributed by atoms with Crippen molar-refractivity contribution in [3.05, 3.63) is 39.7 Å². The molecule has 0 spiro atoms. The summed E-state index contributed by atoms with van der Waals surface area (Å²) in [6.07, 6.45) is 2.97. The molecule has 3 nitrogen and oxygen atoms in total. The third kappa shape index (κ3) is 1.71. The number of rotatable bonds is 2. The molecule has 0 N–H and O–H groups in total. The minimum absolute atomic E-state index is 0.0665. The second-order valence-corrected chi connectivity index (χ2v) is 3.82. The van der Waals surface area contributed by atoms with Crippen LogP contribution in [0.5, 0.6) is 0 Å². The third-order valence-electron chi connectivity index (χ3n) is 1.52. The Bertz CT molecular complexity index is 421. The van der Waals surface area contributed by atoms with Gasteiger partial charge >= 0.3 is 0 Å². The van der Waals surface area contributed by atoms with Crippen molar-refractivity contribution in [2.75, 3.05) is 0 Å². The first-order valence-electron chi connectivity index (χ1n) is 3.45. The summed E-state index contributed by atoms with van der Waals surface area (Å²) in [5.74, 6) is -0.0665. The molecule has 0 saturated heterocycles. The number of aromatic nitrogens is 1. The smallest absolute Gasteiger partial charge is 0.198 e. The first kappa shape index (κ1) is 8.65. The number of halogens is 1. The van der Waals surface area contributed by atoms with Crippen LogP contribution in [-0.2, 0) is 0 Å². The summed E-state index contributed by atoms with van der Waals surface area (Å²) in [5, 5.41) is 1.71. The van der Waals surface area contributed by atoms with Gasteiger partial charge in [-0.05, 0) is 27.5 Å². The summed E-state index contributed by atoms with van der Waals surface area (Å²) < 4.78 is 9.37. The Hall–Kier alpha value is -0.940. The van der Waals surface area contributed by atoms with E-state index >= 15 is 0 Å². The first-order chi connectivity index (χ1) is 6.27. The number of carbonyl (C=O) groups is 1. The van der Waals surface area contributed by atoms with Crippen LogP contribution in [-0.4, -0.2) is 10.2 Å². The molecule has 0 bridgehead atoms. The Morgan fingerprint density at radius 1 is 1.54 bits per heavy atom. The normalized spacial score (nSPS) is 10.2. The molecule has 2 aromatic rings. The van der Waals surface area contributed by atoms with Gasteiger partial charge in [-0.15, -0.1) is 0 Å². The quantitative estimate of drug-likeness (QED) is 0.778. The molecular formula is C8H4BrNO2S. The van der Waals surface area contributed by atoms with Crippen LogP contribution in [0.1, 0.15) is 15.9 Å². The highest BCUT2D eigenvalue weighted by molar-refractivity contribution is 9.10. The lowest BCUT2D eigenvalue weighted by Gasteiger charge is -1.88. The zero-order valence-electron chi connectivity index (χ0n) is 6.36. The fraction of sp³-hybridized carbons (Fsp3) is 0. The van der Waals surface area contributed by atoms with Crippen molar-refractivity contribution in [3.63, 3.8) is 0 Å². The van der Waals surface area contributed by atoms with E-state index in [1.165, 1.54) is 17.8 Å². The van der Waals surface area contributed by atoms with Crippen LogP contribution >= 0.6 is 27.5 Å². The fourth-order valence-electron chi connectivity index (χ4n) is 0.913. The van der Waals surface area contributed by atoms with Gasteiger partial charge in [0, 0.05) is 11.4 Å². The van der Waals surface area contributed by atoms with Crippen molar-refractivity contribution < 1.29 is 9.21 Å². The molecule has 0 radical (unpaired) electrons. The van der Waals surface area contributed by atoms with Crippen molar-refractivity contribution >= 4 is 33.2 Å². The first-order valence-corrected chi connectivity index (χ1v) is 5.08. The Morgan fingerprint density at radius 3 is 2.92 bits per heavy atom. The zero-order valence-corrected chi connectivity index (χ0v) is 8.76. The topological polar surface area (TPSA) is 43.1 Å². The van der Waals surface area contributed by atoms with Gasteiger partial charge in [-0.1, -0.05) is 0 Å². The van der Waals surface area contributed by atoms with E-state index in [2.05, 4.69) is 20.3 Å². The van der Waals surface area contributed by atoms with E-state index in [4.69, 9.17) is 4.42 Å². The molecule has 0 aliphatic carbocycles. The summed E-state index contributed by atoms with van der Waals surface area (Å²) >= 11 is 4.39. The maximum atomic E-state index is 11.6. The van der Waals surface area contributed by atoms with Gasteiger partial charge in [-0.3, -0.25) is 4.79 Å². The van der Waals surface area contributed by atoms with Gasteiger partial charge < -0.3 is 4.42 Å². The number of nitrogens with zero attached hydrogens (tertiary/aromatic N) is 1. The van der Waals surface area contributed by atoms with E-state index in [1.54, 1.807) is 17.6 Å². The summed E-state index contributed by atoms with van der Waals surface area (Å²) in [6.45, 7) is 0. The zero-order chi connectivity index (χ0) is 9.26. The number of carbonyl (C=O) groups excluding carboxylic acids is 1. The molecule has 13 heavy (non-hydrogen) atoms. The molecule has 0 unspecified atom stereocenters. The molecule has 2 heterocycles. The van der Waals surface area contributed by atoms with Gasteiger partial charge in [0.2, 0.25) is 0 Å².